The molecule has 0 radical (unpaired) electrons. The largest absolute Gasteiger partial charge is 0.508 e. The normalized spacial score (nSPS) is 14.1. The Morgan fingerprint density at radius 1 is 1.44 bits per heavy atom. The lowest BCUT2D eigenvalue weighted by Gasteiger charge is -2.11. The first kappa shape index (κ1) is 14.7. The van der Waals surface area contributed by atoms with Crippen molar-refractivity contribution >= 4 is 0 Å². The van der Waals surface area contributed by atoms with Gasteiger partial charge >= 0.3 is 0 Å². The van der Waals surface area contributed by atoms with E-state index in [1.54, 1.807) is 19.1 Å². The van der Waals surface area contributed by atoms with E-state index in [9.17, 15) is 5.11 Å². The Bertz CT molecular complexity index is 322. The van der Waals surface area contributed by atoms with Crippen molar-refractivity contribution in [1.82, 2.24) is 0 Å². The fourth-order valence-electron chi connectivity index (χ4n) is 1.47. The molecule has 3 N–H and O–H groups in total. The molecule has 0 rings (SSSR count). The van der Waals surface area contributed by atoms with Gasteiger partial charge in [0, 0.05) is 0 Å². The average Bonchev–Trinajstić information content (AvgIpc) is 2.25. The van der Waals surface area contributed by atoms with E-state index < -0.39 is 0 Å². The molecule has 0 aromatic rings. The van der Waals surface area contributed by atoms with Gasteiger partial charge in [-0.05, 0) is 56.5 Å². The van der Waals surface area contributed by atoms with Gasteiger partial charge in [-0.25, -0.2) is 0 Å². The zero-order valence-corrected chi connectivity index (χ0v) is 10.6. The van der Waals surface area contributed by atoms with Crippen LogP contribution < -0.4 is 5.73 Å². The van der Waals surface area contributed by atoms with Crippen molar-refractivity contribution in [3.05, 3.63) is 47.3 Å². The molecule has 0 atom stereocenters. The predicted octanol–water partition coefficient (Wildman–Crippen LogP) is 3.64. The molecule has 0 aromatic heterocycles. The van der Waals surface area contributed by atoms with Crippen molar-refractivity contribution in [2.24, 2.45) is 5.73 Å². The third-order valence-corrected chi connectivity index (χ3v) is 2.26. The van der Waals surface area contributed by atoms with E-state index in [4.69, 9.17) is 5.73 Å². The maximum Gasteiger partial charge on any atom is 0.111 e. The van der Waals surface area contributed by atoms with Gasteiger partial charge in [0.1, 0.15) is 5.76 Å². The molecule has 0 aliphatic carbocycles. The van der Waals surface area contributed by atoms with E-state index in [0.29, 0.717) is 6.54 Å². The standard InChI is InChI=1S/C14H23NO/c1-5-7-12(8-9-15)14(11(3)4)10-13(16)6-2/h6-7,10,16H,3,5,8-9,15H2,1-2,4H3/b12-7-,13-6+,14-10+. The summed E-state index contributed by atoms with van der Waals surface area (Å²) in [7, 11) is 0. The van der Waals surface area contributed by atoms with E-state index in [0.717, 1.165) is 29.6 Å². The van der Waals surface area contributed by atoms with Crippen LogP contribution >= 0.6 is 0 Å². The number of rotatable bonds is 6. The molecule has 2 heteroatoms. The second-order valence-corrected chi connectivity index (χ2v) is 3.73. The molecule has 0 bridgehead atoms. The molecular weight excluding hydrogens is 198 g/mol. The molecule has 0 amide bonds. The molecule has 0 saturated carbocycles. The Labute approximate surface area is 98.9 Å². The summed E-state index contributed by atoms with van der Waals surface area (Å²) in [5, 5.41) is 9.55. The van der Waals surface area contributed by atoms with Gasteiger partial charge in [-0.15, -0.1) is 0 Å². The van der Waals surface area contributed by atoms with Gasteiger partial charge in [-0.3, -0.25) is 0 Å². The SMILES string of the molecule is C=C(C)C(=C\C(O)=C/C)/C(=C\CC)CCN. The van der Waals surface area contributed by atoms with Crippen LogP contribution in [0, 0.1) is 0 Å². The maximum atomic E-state index is 9.55. The zero-order chi connectivity index (χ0) is 12.6. The molecule has 0 fully saturated rings. The van der Waals surface area contributed by atoms with Gasteiger partial charge in [0.05, 0.1) is 0 Å². The summed E-state index contributed by atoms with van der Waals surface area (Å²) in [4.78, 5) is 0. The number of aliphatic hydroxyl groups excluding tert-OH is 1. The van der Waals surface area contributed by atoms with E-state index in [2.05, 4.69) is 19.6 Å². The van der Waals surface area contributed by atoms with Gasteiger partial charge in [-0.2, -0.15) is 0 Å². The lowest BCUT2D eigenvalue weighted by atomic mass is 9.95. The minimum atomic E-state index is 0.261. The molecule has 0 spiro atoms. The molecule has 0 saturated heterocycles. The first-order valence-electron chi connectivity index (χ1n) is 5.69. The topological polar surface area (TPSA) is 46.2 Å². The van der Waals surface area contributed by atoms with Crippen molar-refractivity contribution in [3.8, 4) is 0 Å². The molecule has 0 aromatic carbocycles. The third-order valence-electron chi connectivity index (χ3n) is 2.26. The van der Waals surface area contributed by atoms with Crippen molar-refractivity contribution in [1.29, 1.82) is 0 Å². The van der Waals surface area contributed by atoms with E-state index in [1.165, 1.54) is 0 Å². The molecule has 0 heterocycles. The van der Waals surface area contributed by atoms with E-state index in [1.807, 2.05) is 6.92 Å². The second kappa shape index (κ2) is 7.94. The van der Waals surface area contributed by atoms with Gasteiger partial charge < -0.3 is 10.8 Å². The van der Waals surface area contributed by atoms with Gasteiger partial charge in [0.15, 0.2) is 0 Å². The summed E-state index contributed by atoms with van der Waals surface area (Å²) in [6, 6.07) is 0. The predicted molar refractivity (Wildman–Crippen MR) is 71.3 cm³/mol. The maximum absolute atomic E-state index is 9.55. The molecular formula is C14H23NO. The molecule has 2 nitrogen and oxygen atoms in total. The van der Waals surface area contributed by atoms with Crippen molar-refractivity contribution in [3.63, 3.8) is 0 Å². The Morgan fingerprint density at radius 3 is 2.44 bits per heavy atom. The molecule has 0 unspecified atom stereocenters. The Morgan fingerprint density at radius 2 is 2.06 bits per heavy atom. The fraction of sp³-hybridized carbons (Fsp3) is 0.429. The second-order valence-electron chi connectivity index (χ2n) is 3.73. The highest BCUT2D eigenvalue weighted by Crippen LogP contribution is 2.22. The van der Waals surface area contributed by atoms with Crippen LogP contribution in [0.1, 0.15) is 33.6 Å². The zero-order valence-electron chi connectivity index (χ0n) is 10.6. The van der Waals surface area contributed by atoms with Crippen molar-refractivity contribution in [2.45, 2.75) is 33.6 Å². The minimum Gasteiger partial charge on any atom is -0.508 e. The quantitative estimate of drug-likeness (QED) is 0.531. The highest BCUT2D eigenvalue weighted by Gasteiger charge is 2.05. The minimum absolute atomic E-state index is 0.261. The van der Waals surface area contributed by atoms with Crippen LogP contribution in [0.15, 0.2) is 47.3 Å². The van der Waals surface area contributed by atoms with Crippen molar-refractivity contribution < 1.29 is 5.11 Å². The number of allylic oxidation sites excluding steroid dienone is 5. The Kier molecular flexibility index (Phi) is 7.31. The van der Waals surface area contributed by atoms with Gasteiger partial charge in [-0.1, -0.05) is 25.2 Å². The lowest BCUT2D eigenvalue weighted by Crippen LogP contribution is -2.03. The highest BCUT2D eigenvalue weighted by molar-refractivity contribution is 5.47. The van der Waals surface area contributed by atoms with E-state index in [-0.39, 0.29) is 5.76 Å². The number of hydrogen-bond acceptors (Lipinski definition) is 2. The van der Waals surface area contributed by atoms with Crippen LogP contribution in [0.25, 0.3) is 0 Å². The van der Waals surface area contributed by atoms with Crippen LogP contribution in [-0.4, -0.2) is 11.7 Å². The monoisotopic (exact) mass is 221 g/mol. The molecule has 16 heavy (non-hydrogen) atoms. The van der Waals surface area contributed by atoms with Crippen LogP contribution in [0.5, 0.6) is 0 Å². The van der Waals surface area contributed by atoms with Crippen molar-refractivity contribution in [2.75, 3.05) is 6.54 Å². The summed E-state index contributed by atoms with van der Waals surface area (Å²) in [6.07, 6.45) is 7.31. The van der Waals surface area contributed by atoms with Gasteiger partial charge in [0.2, 0.25) is 0 Å². The molecule has 0 aliphatic heterocycles. The summed E-state index contributed by atoms with van der Waals surface area (Å²) < 4.78 is 0. The van der Waals surface area contributed by atoms with Crippen LogP contribution in [0.4, 0.5) is 0 Å². The van der Waals surface area contributed by atoms with Gasteiger partial charge in [0.25, 0.3) is 0 Å². The summed E-state index contributed by atoms with van der Waals surface area (Å²) in [6.45, 7) is 10.4. The highest BCUT2D eigenvalue weighted by atomic mass is 16.3. The Hall–Kier alpha value is -1.28. The van der Waals surface area contributed by atoms with Crippen LogP contribution in [-0.2, 0) is 0 Å². The summed E-state index contributed by atoms with van der Waals surface area (Å²) in [5.41, 5.74) is 8.68. The number of hydrogen-bond donors (Lipinski definition) is 2. The summed E-state index contributed by atoms with van der Waals surface area (Å²) in [5.74, 6) is 0.261. The summed E-state index contributed by atoms with van der Waals surface area (Å²) >= 11 is 0. The van der Waals surface area contributed by atoms with Crippen LogP contribution in [0.3, 0.4) is 0 Å². The van der Waals surface area contributed by atoms with E-state index >= 15 is 0 Å². The first-order valence-corrected chi connectivity index (χ1v) is 5.69. The average molecular weight is 221 g/mol. The number of aliphatic hydroxyl groups is 1. The smallest absolute Gasteiger partial charge is 0.111 e. The molecule has 90 valence electrons. The third kappa shape index (κ3) is 4.99. The Balaban J connectivity index is 5.24. The first-order chi connectivity index (χ1) is 7.56. The van der Waals surface area contributed by atoms with Crippen LogP contribution in [0.2, 0.25) is 0 Å². The lowest BCUT2D eigenvalue weighted by molar-refractivity contribution is 0.431. The molecule has 0 aliphatic rings. The number of nitrogens with two attached hydrogens (primary N) is 1. The fourth-order valence-corrected chi connectivity index (χ4v) is 1.47.